The fourth-order valence-corrected chi connectivity index (χ4v) is 4.53. The lowest BCUT2D eigenvalue weighted by Crippen LogP contribution is -2.47. The number of ether oxygens (including phenoxy) is 1. The average Bonchev–Trinajstić information content (AvgIpc) is 3.04. The van der Waals surface area contributed by atoms with Crippen molar-refractivity contribution in [2.45, 2.75) is 27.7 Å². The van der Waals surface area contributed by atoms with Crippen LogP contribution in [0.15, 0.2) is 48.2 Å². The van der Waals surface area contributed by atoms with Crippen LogP contribution in [0.5, 0.6) is 5.75 Å². The second-order valence-electron chi connectivity index (χ2n) is 8.34. The van der Waals surface area contributed by atoms with Gasteiger partial charge < -0.3 is 14.5 Å². The SMILES string of the molecule is CCOc1ccc(N2C(=O)C(c3ccc(C)cc3C)=C(N3CCN(CC)CC3)C2=O)cc1. The van der Waals surface area contributed by atoms with Gasteiger partial charge in [0.05, 0.1) is 17.9 Å². The standard InChI is InChI=1S/C26H31N3O3/c1-5-27-13-15-28(16-14-27)24-23(22-12-7-18(3)17-19(22)4)25(30)29(26(24)31)20-8-10-21(11-9-20)32-6-2/h7-12,17H,5-6,13-16H2,1-4H3. The molecule has 2 amide bonds. The van der Waals surface area contributed by atoms with E-state index in [4.69, 9.17) is 4.74 Å². The van der Waals surface area contributed by atoms with Crippen LogP contribution in [0, 0.1) is 13.8 Å². The van der Waals surface area contributed by atoms with Crippen LogP contribution in [0.25, 0.3) is 5.57 Å². The first-order valence-corrected chi connectivity index (χ1v) is 11.4. The summed E-state index contributed by atoms with van der Waals surface area (Å²) in [5.74, 6) is 0.201. The Morgan fingerprint density at radius 3 is 2.16 bits per heavy atom. The van der Waals surface area contributed by atoms with Gasteiger partial charge in [-0.15, -0.1) is 0 Å². The molecule has 2 aromatic carbocycles. The van der Waals surface area contributed by atoms with Crippen molar-refractivity contribution in [1.29, 1.82) is 0 Å². The molecule has 0 bridgehead atoms. The topological polar surface area (TPSA) is 53.1 Å². The highest BCUT2D eigenvalue weighted by Crippen LogP contribution is 2.37. The number of piperazine rings is 1. The number of hydrogen-bond donors (Lipinski definition) is 0. The Labute approximate surface area is 190 Å². The number of rotatable bonds is 6. The van der Waals surface area contributed by atoms with Gasteiger partial charge in [0, 0.05) is 26.2 Å². The Hall–Kier alpha value is -3.12. The summed E-state index contributed by atoms with van der Waals surface area (Å²) in [6.45, 7) is 12.9. The van der Waals surface area contributed by atoms with Crippen molar-refractivity contribution in [3.05, 3.63) is 64.9 Å². The van der Waals surface area contributed by atoms with Crippen molar-refractivity contribution in [2.24, 2.45) is 0 Å². The van der Waals surface area contributed by atoms with Gasteiger partial charge in [-0.3, -0.25) is 9.59 Å². The number of imide groups is 1. The summed E-state index contributed by atoms with van der Waals surface area (Å²) in [7, 11) is 0. The summed E-state index contributed by atoms with van der Waals surface area (Å²) < 4.78 is 5.52. The van der Waals surface area contributed by atoms with Gasteiger partial charge in [0.15, 0.2) is 0 Å². The van der Waals surface area contributed by atoms with Crippen molar-refractivity contribution in [3.8, 4) is 5.75 Å². The van der Waals surface area contributed by atoms with Crippen LogP contribution in [-0.2, 0) is 9.59 Å². The number of nitrogens with zero attached hydrogens (tertiary/aromatic N) is 3. The summed E-state index contributed by atoms with van der Waals surface area (Å²) in [6, 6.07) is 13.2. The van der Waals surface area contributed by atoms with Crippen molar-refractivity contribution in [3.63, 3.8) is 0 Å². The Morgan fingerprint density at radius 1 is 0.875 bits per heavy atom. The second-order valence-corrected chi connectivity index (χ2v) is 8.34. The lowest BCUT2D eigenvalue weighted by atomic mass is 9.97. The maximum atomic E-state index is 13.7. The van der Waals surface area contributed by atoms with Crippen LogP contribution in [0.2, 0.25) is 0 Å². The number of likely N-dealkylation sites (N-methyl/N-ethyl adjacent to an activating group) is 1. The zero-order valence-corrected chi connectivity index (χ0v) is 19.4. The van der Waals surface area contributed by atoms with Crippen LogP contribution in [0.3, 0.4) is 0 Å². The maximum Gasteiger partial charge on any atom is 0.282 e. The zero-order chi connectivity index (χ0) is 22.8. The minimum absolute atomic E-state index is 0.251. The van der Waals surface area contributed by atoms with E-state index in [2.05, 4.69) is 22.8 Å². The molecule has 0 N–H and O–H groups in total. The van der Waals surface area contributed by atoms with Crippen LogP contribution in [0.1, 0.15) is 30.5 Å². The number of carbonyl (C=O) groups is 2. The first kappa shape index (κ1) is 22.1. The molecule has 0 unspecified atom stereocenters. The molecule has 2 aliphatic rings. The van der Waals surface area contributed by atoms with E-state index in [0.29, 0.717) is 29.3 Å². The number of carbonyl (C=O) groups excluding carboxylic acids is 2. The van der Waals surface area contributed by atoms with Crippen molar-refractivity contribution in [1.82, 2.24) is 9.80 Å². The molecule has 0 radical (unpaired) electrons. The molecule has 0 spiro atoms. The highest BCUT2D eigenvalue weighted by molar-refractivity contribution is 6.45. The van der Waals surface area contributed by atoms with Crippen molar-refractivity contribution in [2.75, 3.05) is 44.2 Å². The quantitative estimate of drug-likeness (QED) is 0.652. The maximum absolute atomic E-state index is 13.7. The Balaban J connectivity index is 1.76. The van der Waals surface area contributed by atoms with Gasteiger partial charge in [-0.05, 0) is 62.7 Å². The van der Waals surface area contributed by atoms with Gasteiger partial charge in [-0.25, -0.2) is 4.90 Å². The summed E-state index contributed by atoms with van der Waals surface area (Å²) in [6.07, 6.45) is 0. The van der Waals surface area contributed by atoms with Gasteiger partial charge in [0.25, 0.3) is 11.8 Å². The number of benzene rings is 2. The number of anilines is 1. The minimum Gasteiger partial charge on any atom is -0.494 e. The zero-order valence-electron chi connectivity index (χ0n) is 19.4. The molecule has 2 aliphatic heterocycles. The van der Waals surface area contributed by atoms with Crippen LogP contribution < -0.4 is 9.64 Å². The van der Waals surface area contributed by atoms with Crippen LogP contribution in [-0.4, -0.2) is 60.9 Å². The minimum atomic E-state index is -0.265. The fraction of sp³-hybridized carbons (Fsp3) is 0.385. The number of hydrogen-bond acceptors (Lipinski definition) is 5. The Morgan fingerprint density at radius 2 is 1.56 bits per heavy atom. The largest absolute Gasteiger partial charge is 0.494 e. The normalized spacial score (nSPS) is 17.5. The molecule has 1 fully saturated rings. The summed E-state index contributed by atoms with van der Waals surface area (Å²) in [5.41, 5.74) is 4.55. The summed E-state index contributed by atoms with van der Waals surface area (Å²) in [5, 5.41) is 0. The van der Waals surface area contributed by atoms with Crippen LogP contribution in [0.4, 0.5) is 5.69 Å². The van der Waals surface area contributed by atoms with Gasteiger partial charge >= 0.3 is 0 Å². The predicted octanol–water partition coefficient (Wildman–Crippen LogP) is 3.62. The van der Waals surface area contributed by atoms with Crippen molar-refractivity contribution >= 4 is 23.1 Å². The summed E-state index contributed by atoms with van der Waals surface area (Å²) >= 11 is 0. The van der Waals surface area contributed by atoms with Gasteiger partial charge in [0.2, 0.25) is 0 Å². The molecule has 4 rings (SSSR count). The lowest BCUT2D eigenvalue weighted by Gasteiger charge is -2.36. The third-order valence-corrected chi connectivity index (χ3v) is 6.25. The molecule has 2 aromatic rings. The van der Waals surface area contributed by atoms with E-state index in [1.807, 2.05) is 32.9 Å². The monoisotopic (exact) mass is 433 g/mol. The third-order valence-electron chi connectivity index (χ3n) is 6.25. The van der Waals surface area contributed by atoms with Crippen LogP contribution >= 0.6 is 0 Å². The molecule has 168 valence electrons. The first-order valence-electron chi connectivity index (χ1n) is 11.4. The molecule has 6 nitrogen and oxygen atoms in total. The van der Waals surface area contributed by atoms with E-state index in [9.17, 15) is 9.59 Å². The average molecular weight is 434 g/mol. The van der Waals surface area contributed by atoms with Crippen molar-refractivity contribution < 1.29 is 14.3 Å². The third kappa shape index (κ3) is 4.02. The lowest BCUT2D eigenvalue weighted by molar-refractivity contribution is -0.120. The molecule has 1 saturated heterocycles. The smallest absolute Gasteiger partial charge is 0.282 e. The fourth-order valence-electron chi connectivity index (χ4n) is 4.53. The Bertz CT molecular complexity index is 1050. The van der Waals surface area contributed by atoms with E-state index < -0.39 is 0 Å². The molecule has 0 saturated carbocycles. The highest BCUT2D eigenvalue weighted by Gasteiger charge is 2.43. The molecule has 0 aliphatic carbocycles. The molecular weight excluding hydrogens is 402 g/mol. The van der Waals surface area contributed by atoms with E-state index in [1.165, 1.54) is 4.90 Å². The van der Waals surface area contributed by atoms with Gasteiger partial charge in [0.1, 0.15) is 11.4 Å². The van der Waals surface area contributed by atoms with E-state index >= 15 is 0 Å². The van der Waals surface area contributed by atoms with Gasteiger partial charge in [-0.1, -0.05) is 30.7 Å². The molecule has 32 heavy (non-hydrogen) atoms. The highest BCUT2D eigenvalue weighted by atomic mass is 16.5. The van der Waals surface area contributed by atoms with E-state index in [0.717, 1.165) is 49.4 Å². The molecule has 0 aromatic heterocycles. The number of aryl methyl sites for hydroxylation is 2. The molecule has 0 atom stereocenters. The Kier molecular flexibility index (Phi) is 6.33. The molecule has 6 heteroatoms. The van der Waals surface area contributed by atoms with E-state index in [1.54, 1.807) is 24.3 Å². The van der Waals surface area contributed by atoms with Gasteiger partial charge in [-0.2, -0.15) is 0 Å². The van der Waals surface area contributed by atoms with E-state index in [-0.39, 0.29) is 11.8 Å². The number of amides is 2. The predicted molar refractivity (Wildman–Crippen MR) is 127 cm³/mol. The first-order chi connectivity index (χ1) is 15.4. The summed E-state index contributed by atoms with van der Waals surface area (Å²) in [4.78, 5) is 33.2. The molecule has 2 heterocycles. The second kappa shape index (κ2) is 9.17. The molecular formula is C26H31N3O3.